The van der Waals surface area contributed by atoms with Crippen LogP contribution < -0.4 is 5.32 Å². The Kier molecular flexibility index (Phi) is 2.91. The molecule has 6 nitrogen and oxygen atoms in total. The van der Waals surface area contributed by atoms with E-state index in [0.29, 0.717) is 11.9 Å². The number of aryl methyl sites for hydroxylation is 1. The van der Waals surface area contributed by atoms with Gasteiger partial charge in [-0.3, -0.25) is 0 Å². The van der Waals surface area contributed by atoms with Crippen LogP contribution in [-0.2, 0) is 7.05 Å². The maximum atomic E-state index is 4.26. The number of nitrogens with zero attached hydrogens (tertiary/aromatic N) is 5. The smallest absolute Gasteiger partial charge is 0.242 e. The normalized spacial score (nSPS) is 12.7. The van der Waals surface area contributed by atoms with Crippen molar-refractivity contribution in [1.29, 1.82) is 0 Å². The summed E-state index contributed by atoms with van der Waals surface area (Å²) in [5, 5.41) is 17.4. The molecule has 0 radical (unpaired) electrons. The maximum Gasteiger partial charge on any atom is 0.242 e. The molecule has 0 aliphatic heterocycles. The number of hydrogen-bond acceptors (Lipinski definition) is 6. The topological polar surface area (TPSA) is 68.5 Å². The van der Waals surface area contributed by atoms with Crippen LogP contribution >= 0.6 is 11.3 Å². The molecule has 0 spiro atoms. The summed E-state index contributed by atoms with van der Waals surface area (Å²) in [7, 11) is 1.80. The van der Waals surface area contributed by atoms with Crippen molar-refractivity contribution in [2.24, 2.45) is 7.05 Å². The third-order valence-corrected chi connectivity index (χ3v) is 3.07. The quantitative estimate of drug-likeness (QED) is 0.835. The third-order valence-electron chi connectivity index (χ3n) is 2.06. The second-order valence-electron chi connectivity index (χ2n) is 3.28. The Bertz CT molecular complexity index is 408. The van der Waals surface area contributed by atoms with Crippen molar-refractivity contribution in [2.45, 2.75) is 12.8 Å². The summed E-state index contributed by atoms with van der Waals surface area (Å²) >= 11 is 1.66. The highest BCUT2D eigenvalue weighted by Gasteiger charge is 2.09. The predicted octanol–water partition coefficient (Wildman–Crippen LogP) is 0.882. The molecule has 0 saturated heterocycles. The van der Waals surface area contributed by atoms with Crippen molar-refractivity contribution in [2.75, 3.05) is 11.9 Å². The highest BCUT2D eigenvalue weighted by atomic mass is 32.1. The Morgan fingerprint density at radius 3 is 3.07 bits per heavy atom. The number of anilines is 1. The molecule has 2 rings (SSSR count). The number of aromatic nitrogens is 5. The van der Waals surface area contributed by atoms with E-state index in [4.69, 9.17) is 0 Å². The minimum atomic E-state index is 0.363. The zero-order valence-electron chi connectivity index (χ0n) is 8.58. The molecule has 0 amide bonds. The summed E-state index contributed by atoms with van der Waals surface area (Å²) in [4.78, 5) is 4.26. The van der Waals surface area contributed by atoms with Crippen LogP contribution in [0.15, 0.2) is 11.6 Å². The van der Waals surface area contributed by atoms with Crippen LogP contribution in [0.1, 0.15) is 17.8 Å². The van der Waals surface area contributed by atoms with Gasteiger partial charge in [0.2, 0.25) is 5.95 Å². The molecule has 15 heavy (non-hydrogen) atoms. The Hall–Kier alpha value is -1.50. The van der Waals surface area contributed by atoms with Gasteiger partial charge in [-0.25, -0.2) is 9.67 Å². The van der Waals surface area contributed by atoms with Crippen LogP contribution in [0.2, 0.25) is 0 Å². The van der Waals surface area contributed by atoms with E-state index in [-0.39, 0.29) is 0 Å². The fourth-order valence-electron chi connectivity index (χ4n) is 1.19. The lowest BCUT2D eigenvalue weighted by molar-refractivity contribution is 0.706. The lowest BCUT2D eigenvalue weighted by atomic mass is 10.2. The summed E-state index contributed by atoms with van der Waals surface area (Å²) in [6.45, 7) is 2.90. The van der Waals surface area contributed by atoms with E-state index in [1.165, 1.54) is 0 Å². The zero-order valence-corrected chi connectivity index (χ0v) is 9.40. The van der Waals surface area contributed by atoms with E-state index in [9.17, 15) is 0 Å². The Morgan fingerprint density at radius 1 is 1.60 bits per heavy atom. The fourth-order valence-corrected chi connectivity index (χ4v) is 1.89. The van der Waals surface area contributed by atoms with E-state index >= 15 is 0 Å². The Balaban J connectivity index is 1.91. The van der Waals surface area contributed by atoms with E-state index in [2.05, 4.69) is 32.7 Å². The van der Waals surface area contributed by atoms with Gasteiger partial charge in [-0.15, -0.1) is 11.3 Å². The number of tetrazole rings is 1. The molecule has 1 atom stereocenters. The first kappa shape index (κ1) is 10.0. The van der Waals surface area contributed by atoms with Crippen LogP contribution in [0, 0.1) is 0 Å². The van der Waals surface area contributed by atoms with Crippen molar-refractivity contribution in [3.05, 3.63) is 16.6 Å². The summed E-state index contributed by atoms with van der Waals surface area (Å²) in [6, 6.07) is 0. The molecule has 0 fully saturated rings. The van der Waals surface area contributed by atoms with Crippen LogP contribution in [0.3, 0.4) is 0 Å². The van der Waals surface area contributed by atoms with Crippen LogP contribution in [0.4, 0.5) is 5.95 Å². The first-order valence-electron chi connectivity index (χ1n) is 4.63. The highest BCUT2D eigenvalue weighted by molar-refractivity contribution is 7.09. The van der Waals surface area contributed by atoms with Crippen molar-refractivity contribution >= 4 is 17.3 Å². The Labute approximate surface area is 91.3 Å². The van der Waals surface area contributed by atoms with E-state index in [0.717, 1.165) is 11.6 Å². The fraction of sp³-hybridized carbons (Fsp3) is 0.500. The molecule has 1 unspecified atom stereocenters. The molecule has 0 bridgehead atoms. The highest BCUT2D eigenvalue weighted by Crippen LogP contribution is 2.17. The molecule has 7 heteroatoms. The maximum absolute atomic E-state index is 4.26. The lowest BCUT2D eigenvalue weighted by Gasteiger charge is -2.09. The van der Waals surface area contributed by atoms with Crippen molar-refractivity contribution in [1.82, 2.24) is 25.2 Å². The van der Waals surface area contributed by atoms with Gasteiger partial charge in [-0.05, 0) is 10.4 Å². The predicted molar refractivity (Wildman–Crippen MR) is 57.8 cm³/mol. The monoisotopic (exact) mass is 224 g/mol. The van der Waals surface area contributed by atoms with Crippen LogP contribution in [0.25, 0.3) is 0 Å². The van der Waals surface area contributed by atoms with Crippen LogP contribution in [0.5, 0.6) is 0 Å². The Morgan fingerprint density at radius 2 is 2.47 bits per heavy atom. The number of hydrogen-bond donors (Lipinski definition) is 1. The average Bonchev–Trinajstić information content (AvgIpc) is 2.85. The first-order valence-corrected chi connectivity index (χ1v) is 5.51. The van der Waals surface area contributed by atoms with Gasteiger partial charge < -0.3 is 5.32 Å². The van der Waals surface area contributed by atoms with E-state index in [1.54, 1.807) is 23.1 Å². The van der Waals surface area contributed by atoms with E-state index < -0.39 is 0 Å². The summed E-state index contributed by atoms with van der Waals surface area (Å²) in [5.74, 6) is 1.04. The van der Waals surface area contributed by atoms with Gasteiger partial charge in [0.15, 0.2) is 0 Å². The van der Waals surface area contributed by atoms with Gasteiger partial charge in [0.25, 0.3) is 0 Å². The minimum Gasteiger partial charge on any atom is -0.352 e. The number of thiazole rings is 1. The van der Waals surface area contributed by atoms with Gasteiger partial charge in [0.1, 0.15) is 0 Å². The van der Waals surface area contributed by atoms with E-state index in [1.807, 2.05) is 11.6 Å². The summed E-state index contributed by atoms with van der Waals surface area (Å²) in [6.07, 6.45) is 1.82. The number of nitrogens with one attached hydrogen (secondary N) is 1. The third kappa shape index (κ3) is 2.30. The lowest BCUT2D eigenvalue weighted by Crippen LogP contribution is -2.12. The molecule has 2 heterocycles. The van der Waals surface area contributed by atoms with Gasteiger partial charge >= 0.3 is 0 Å². The van der Waals surface area contributed by atoms with Gasteiger partial charge in [0, 0.05) is 31.1 Å². The molecular weight excluding hydrogens is 212 g/mol. The average molecular weight is 224 g/mol. The molecular formula is C8H12N6S. The summed E-state index contributed by atoms with van der Waals surface area (Å²) in [5.41, 5.74) is 0. The van der Waals surface area contributed by atoms with Crippen molar-refractivity contribution < 1.29 is 0 Å². The molecule has 2 aromatic rings. The molecule has 1 N–H and O–H groups in total. The molecule has 0 aromatic carbocycles. The SMILES string of the molecule is CC(CNc1nnnn1C)c1nccs1. The molecule has 80 valence electrons. The standard InChI is InChI=1S/C8H12N6S/c1-6(7-9-3-4-15-7)5-10-8-11-12-13-14(8)2/h3-4,6H,5H2,1-2H3,(H,10,11,13). The molecule has 0 aliphatic rings. The first-order chi connectivity index (χ1) is 7.27. The zero-order chi connectivity index (χ0) is 10.7. The molecule has 2 aromatic heterocycles. The molecule has 0 saturated carbocycles. The summed E-state index contributed by atoms with van der Waals surface area (Å²) < 4.78 is 1.61. The second-order valence-corrected chi connectivity index (χ2v) is 4.20. The van der Waals surface area contributed by atoms with Crippen molar-refractivity contribution in [3.63, 3.8) is 0 Å². The largest absolute Gasteiger partial charge is 0.352 e. The van der Waals surface area contributed by atoms with Crippen molar-refractivity contribution in [3.8, 4) is 0 Å². The van der Waals surface area contributed by atoms with Gasteiger partial charge in [0.05, 0.1) is 5.01 Å². The van der Waals surface area contributed by atoms with Crippen LogP contribution in [-0.4, -0.2) is 31.7 Å². The molecule has 0 aliphatic carbocycles. The second kappa shape index (κ2) is 4.35. The number of rotatable bonds is 4. The van der Waals surface area contributed by atoms with Gasteiger partial charge in [-0.1, -0.05) is 12.0 Å². The minimum absolute atomic E-state index is 0.363. The van der Waals surface area contributed by atoms with Gasteiger partial charge in [-0.2, -0.15) is 0 Å².